The van der Waals surface area contributed by atoms with Crippen LogP contribution in [0.15, 0.2) is 71.6 Å². The van der Waals surface area contributed by atoms with Crippen LogP contribution in [0.4, 0.5) is 5.69 Å². The number of aromatic nitrogens is 1. The number of rotatable bonds is 8. The highest BCUT2D eigenvalue weighted by molar-refractivity contribution is 6.04. The minimum Gasteiger partial charge on any atom is -0.459 e. The average molecular weight is 475 g/mol. The van der Waals surface area contributed by atoms with Gasteiger partial charge in [0.2, 0.25) is 11.8 Å². The van der Waals surface area contributed by atoms with Crippen LogP contribution < -0.4 is 15.5 Å². The van der Waals surface area contributed by atoms with Crippen LogP contribution in [-0.4, -0.2) is 35.3 Å². The van der Waals surface area contributed by atoms with Crippen LogP contribution in [0.25, 0.3) is 0 Å². The summed E-state index contributed by atoms with van der Waals surface area (Å²) in [7, 11) is 0. The first-order valence-electron chi connectivity index (χ1n) is 11.9. The van der Waals surface area contributed by atoms with E-state index in [-0.39, 0.29) is 24.3 Å². The Morgan fingerprint density at radius 1 is 1.06 bits per heavy atom. The molecule has 182 valence electrons. The molecule has 2 heterocycles. The zero-order valence-electron chi connectivity index (χ0n) is 19.8. The van der Waals surface area contributed by atoms with Gasteiger partial charge in [-0.2, -0.15) is 0 Å². The molecule has 1 aliphatic rings. The zero-order chi connectivity index (χ0) is 24.6. The number of para-hydroxylation sites is 1. The van der Waals surface area contributed by atoms with Gasteiger partial charge < -0.3 is 15.1 Å². The van der Waals surface area contributed by atoms with Gasteiger partial charge >= 0.3 is 0 Å². The molecule has 1 fully saturated rings. The van der Waals surface area contributed by atoms with Gasteiger partial charge in [0, 0.05) is 29.7 Å². The van der Waals surface area contributed by atoms with E-state index in [1.807, 2.05) is 25.1 Å². The summed E-state index contributed by atoms with van der Waals surface area (Å²) >= 11 is 0. The lowest BCUT2D eigenvalue weighted by atomic mass is 9.94. The summed E-state index contributed by atoms with van der Waals surface area (Å²) in [6.45, 7) is 1.58. The molecular weight excluding hydrogens is 444 g/mol. The Balaban J connectivity index is 1.67. The van der Waals surface area contributed by atoms with Crippen molar-refractivity contribution in [2.45, 2.75) is 51.1 Å². The highest BCUT2D eigenvalue weighted by Gasteiger charge is 2.35. The van der Waals surface area contributed by atoms with Gasteiger partial charge in [0.05, 0.1) is 12.8 Å². The minimum atomic E-state index is -0.945. The third-order valence-electron chi connectivity index (χ3n) is 6.25. The van der Waals surface area contributed by atoms with Gasteiger partial charge in [0.15, 0.2) is 5.76 Å². The molecule has 0 spiro atoms. The fourth-order valence-corrected chi connectivity index (χ4v) is 4.47. The van der Waals surface area contributed by atoms with Crippen LogP contribution >= 0.6 is 0 Å². The van der Waals surface area contributed by atoms with Crippen LogP contribution in [-0.2, 0) is 9.59 Å². The molecule has 4 rings (SSSR count). The molecule has 1 aromatic carbocycles. The molecule has 3 amide bonds. The third kappa shape index (κ3) is 5.95. The lowest BCUT2D eigenvalue weighted by Gasteiger charge is -2.34. The molecule has 0 radical (unpaired) electrons. The van der Waals surface area contributed by atoms with E-state index in [1.165, 1.54) is 23.7 Å². The van der Waals surface area contributed by atoms with E-state index in [0.717, 1.165) is 31.2 Å². The molecule has 1 atom stereocenters. The Kier molecular flexibility index (Phi) is 7.92. The molecule has 0 bridgehead atoms. The van der Waals surface area contributed by atoms with Gasteiger partial charge in [-0.25, -0.2) is 0 Å². The second-order valence-corrected chi connectivity index (χ2v) is 8.74. The molecule has 0 aliphatic heterocycles. The number of benzene rings is 1. The Hall–Kier alpha value is -3.94. The number of anilines is 1. The average Bonchev–Trinajstić information content (AvgIpc) is 3.42. The molecule has 2 aromatic heterocycles. The number of aryl methyl sites for hydroxylation is 1. The molecule has 1 aliphatic carbocycles. The van der Waals surface area contributed by atoms with Crippen LogP contribution in [0.1, 0.15) is 59.8 Å². The molecule has 0 saturated heterocycles. The smallest absolute Gasteiger partial charge is 0.287 e. The largest absolute Gasteiger partial charge is 0.459 e. The maximum absolute atomic E-state index is 13.7. The van der Waals surface area contributed by atoms with Gasteiger partial charge in [0.1, 0.15) is 6.04 Å². The number of amides is 3. The quantitative estimate of drug-likeness (QED) is 0.515. The highest BCUT2D eigenvalue weighted by atomic mass is 16.3. The summed E-state index contributed by atoms with van der Waals surface area (Å²) < 4.78 is 5.12. The molecule has 8 heteroatoms. The van der Waals surface area contributed by atoms with Crippen molar-refractivity contribution < 1.29 is 18.8 Å². The van der Waals surface area contributed by atoms with Gasteiger partial charge in [0.25, 0.3) is 5.91 Å². The number of nitrogens with one attached hydrogen (secondary N) is 2. The lowest BCUT2D eigenvalue weighted by molar-refractivity contribution is -0.127. The third-order valence-corrected chi connectivity index (χ3v) is 6.25. The van der Waals surface area contributed by atoms with Crippen molar-refractivity contribution in [2.24, 2.45) is 0 Å². The molecule has 35 heavy (non-hydrogen) atoms. The number of furan rings is 1. The zero-order valence-corrected chi connectivity index (χ0v) is 19.8. The maximum Gasteiger partial charge on any atom is 0.287 e. The first-order chi connectivity index (χ1) is 17.0. The number of carbonyl (C=O) groups is 3. The maximum atomic E-state index is 13.7. The van der Waals surface area contributed by atoms with Crippen LogP contribution in [0.3, 0.4) is 0 Å². The molecule has 1 saturated carbocycles. The first kappa shape index (κ1) is 24.2. The Labute approximate surface area is 204 Å². The number of nitrogens with zero attached hydrogens (tertiary/aromatic N) is 2. The topological polar surface area (TPSA) is 105 Å². The fraction of sp³-hybridized carbons (Fsp3) is 0.333. The molecular formula is C27H30N4O4. The lowest BCUT2D eigenvalue weighted by Crippen LogP contribution is -2.50. The summed E-state index contributed by atoms with van der Waals surface area (Å²) in [6.07, 6.45) is 9.77. The van der Waals surface area contributed by atoms with Crippen LogP contribution in [0.5, 0.6) is 0 Å². The van der Waals surface area contributed by atoms with Crippen molar-refractivity contribution in [3.63, 3.8) is 0 Å². The van der Waals surface area contributed by atoms with E-state index in [4.69, 9.17) is 4.42 Å². The van der Waals surface area contributed by atoms with E-state index in [9.17, 15) is 14.4 Å². The first-order valence-corrected chi connectivity index (χ1v) is 11.9. The fourth-order valence-electron chi connectivity index (χ4n) is 4.47. The van der Waals surface area contributed by atoms with Crippen molar-refractivity contribution in [3.8, 4) is 0 Å². The summed E-state index contributed by atoms with van der Waals surface area (Å²) in [5.41, 5.74) is 2.02. The highest BCUT2D eigenvalue weighted by Crippen LogP contribution is 2.31. The monoisotopic (exact) mass is 474 g/mol. The molecule has 0 unspecified atom stereocenters. The van der Waals surface area contributed by atoms with Crippen molar-refractivity contribution in [1.29, 1.82) is 0 Å². The molecule has 2 N–H and O–H groups in total. The van der Waals surface area contributed by atoms with Crippen LogP contribution in [0, 0.1) is 6.92 Å². The van der Waals surface area contributed by atoms with Gasteiger partial charge in [-0.1, -0.05) is 43.5 Å². The molecule has 3 aromatic rings. The van der Waals surface area contributed by atoms with Crippen molar-refractivity contribution >= 4 is 23.4 Å². The predicted molar refractivity (Wildman–Crippen MR) is 132 cm³/mol. The second kappa shape index (κ2) is 11.5. The normalized spacial score (nSPS) is 14.7. The van der Waals surface area contributed by atoms with Crippen LogP contribution in [0.2, 0.25) is 0 Å². The van der Waals surface area contributed by atoms with E-state index in [1.54, 1.807) is 36.7 Å². The predicted octanol–water partition coefficient (Wildman–Crippen LogP) is 3.94. The second-order valence-electron chi connectivity index (χ2n) is 8.74. The van der Waals surface area contributed by atoms with Gasteiger partial charge in [-0.05, 0) is 49.6 Å². The van der Waals surface area contributed by atoms with E-state index >= 15 is 0 Å². The van der Waals surface area contributed by atoms with Gasteiger partial charge in [-0.3, -0.25) is 24.3 Å². The number of hydrogen-bond acceptors (Lipinski definition) is 5. The van der Waals surface area contributed by atoms with Crippen molar-refractivity contribution in [3.05, 3.63) is 84.1 Å². The Bertz CT molecular complexity index is 1140. The Morgan fingerprint density at radius 2 is 1.86 bits per heavy atom. The van der Waals surface area contributed by atoms with E-state index < -0.39 is 17.9 Å². The van der Waals surface area contributed by atoms with Crippen molar-refractivity contribution in [1.82, 2.24) is 15.6 Å². The molecule has 8 nitrogen and oxygen atoms in total. The summed E-state index contributed by atoms with van der Waals surface area (Å²) in [4.78, 5) is 45.5. The van der Waals surface area contributed by atoms with E-state index in [0.29, 0.717) is 11.3 Å². The summed E-state index contributed by atoms with van der Waals surface area (Å²) in [5, 5.41) is 5.78. The SMILES string of the molecule is Cc1ccccc1N(C(=O)CNC(=O)c1ccco1)[C@@H](C(=O)NC1CCCCC1)c1cccnc1. The number of carbonyl (C=O) groups excluding carboxylic acids is 3. The minimum absolute atomic E-state index is 0.0721. The van der Waals surface area contributed by atoms with Gasteiger partial charge in [-0.15, -0.1) is 0 Å². The van der Waals surface area contributed by atoms with E-state index in [2.05, 4.69) is 15.6 Å². The number of pyridine rings is 1. The standard InChI is InChI=1S/C27H30N4O4/c1-19-9-5-6-13-22(19)31(24(32)18-29-26(33)23-14-8-16-35-23)25(20-10-7-15-28-17-20)27(34)30-21-11-3-2-4-12-21/h5-10,13-17,21,25H,2-4,11-12,18H2,1H3,(H,29,33)(H,30,34)/t25-/m1/s1. The summed E-state index contributed by atoms with van der Waals surface area (Å²) in [5.74, 6) is -1.08. The summed E-state index contributed by atoms with van der Waals surface area (Å²) in [6, 6.07) is 13.2. The Morgan fingerprint density at radius 3 is 2.54 bits per heavy atom. The van der Waals surface area contributed by atoms with Crippen molar-refractivity contribution in [2.75, 3.05) is 11.4 Å². The number of hydrogen-bond donors (Lipinski definition) is 2.